The number of hydrogen-bond acceptors (Lipinski definition) is 5. The van der Waals surface area contributed by atoms with Gasteiger partial charge in [0, 0.05) is 25.7 Å². The fourth-order valence-corrected chi connectivity index (χ4v) is 5.20. The minimum Gasteiger partial charge on any atom is -0.486 e. The molecule has 4 rings (SSSR count). The fraction of sp³-hybridized carbons (Fsp3) is 0.720. The second-order valence-electron chi connectivity index (χ2n) is 9.58. The lowest BCUT2D eigenvalue weighted by molar-refractivity contribution is 0.0206. The molecular weight excluding hydrogens is 402 g/mol. The Hall–Kier alpha value is -1.99. The van der Waals surface area contributed by atoms with Gasteiger partial charge in [0.05, 0.1) is 6.54 Å². The number of nitrogens with zero attached hydrogens (tertiary/aromatic N) is 4. The number of aliphatic imine (C=N–C) groups is 1. The van der Waals surface area contributed by atoms with Crippen molar-refractivity contribution in [2.75, 3.05) is 66.6 Å². The van der Waals surface area contributed by atoms with E-state index in [1.165, 1.54) is 50.8 Å². The number of guanidine groups is 1. The Balaban J connectivity index is 1.47. The number of benzene rings is 1. The molecule has 0 aliphatic carbocycles. The van der Waals surface area contributed by atoms with Crippen molar-refractivity contribution in [3.05, 3.63) is 23.8 Å². The first-order valence-electron chi connectivity index (χ1n) is 12.4. The normalized spacial score (nSPS) is 21.9. The second-order valence-corrected chi connectivity index (χ2v) is 9.58. The van der Waals surface area contributed by atoms with Crippen LogP contribution < -0.4 is 14.8 Å². The first-order valence-corrected chi connectivity index (χ1v) is 12.4. The van der Waals surface area contributed by atoms with Gasteiger partial charge in [-0.05, 0) is 83.5 Å². The molecular formula is C25H41N5O2. The molecule has 3 heterocycles. The first kappa shape index (κ1) is 23.2. The van der Waals surface area contributed by atoms with E-state index in [9.17, 15) is 0 Å². The van der Waals surface area contributed by atoms with Gasteiger partial charge in [0.1, 0.15) is 13.2 Å². The van der Waals surface area contributed by atoms with E-state index in [2.05, 4.69) is 53.2 Å². The number of rotatable bonds is 6. The summed E-state index contributed by atoms with van der Waals surface area (Å²) in [6.45, 7) is 10.7. The maximum absolute atomic E-state index is 5.77. The zero-order valence-electron chi connectivity index (χ0n) is 20.2. The van der Waals surface area contributed by atoms with Crippen LogP contribution in [0.25, 0.3) is 0 Å². The Labute approximate surface area is 193 Å². The van der Waals surface area contributed by atoms with Gasteiger partial charge >= 0.3 is 0 Å². The number of ether oxygens (including phenoxy) is 2. The zero-order valence-corrected chi connectivity index (χ0v) is 20.2. The van der Waals surface area contributed by atoms with Crippen LogP contribution >= 0.6 is 0 Å². The third-order valence-corrected chi connectivity index (χ3v) is 7.19. The molecule has 0 radical (unpaired) electrons. The van der Waals surface area contributed by atoms with Crippen LogP contribution in [0.1, 0.15) is 44.6 Å². The number of piperidine rings is 2. The maximum Gasteiger partial charge on any atom is 0.194 e. The van der Waals surface area contributed by atoms with Crippen LogP contribution in [0, 0.1) is 0 Å². The third-order valence-electron chi connectivity index (χ3n) is 7.19. The van der Waals surface area contributed by atoms with Gasteiger partial charge in [0.25, 0.3) is 0 Å². The molecule has 3 aliphatic heterocycles. The molecule has 178 valence electrons. The molecule has 1 aromatic rings. The topological polar surface area (TPSA) is 52.6 Å². The highest BCUT2D eigenvalue weighted by atomic mass is 16.6. The average Bonchev–Trinajstić information content (AvgIpc) is 2.83. The third kappa shape index (κ3) is 5.49. The molecule has 0 atom stereocenters. The predicted octanol–water partition coefficient (Wildman–Crippen LogP) is 2.81. The van der Waals surface area contributed by atoms with Gasteiger partial charge in [0.15, 0.2) is 17.5 Å². The van der Waals surface area contributed by atoms with Crippen LogP contribution in [0.3, 0.4) is 0 Å². The van der Waals surface area contributed by atoms with Crippen molar-refractivity contribution >= 4 is 5.96 Å². The van der Waals surface area contributed by atoms with E-state index in [1.807, 2.05) is 6.07 Å². The van der Waals surface area contributed by atoms with Gasteiger partial charge in [-0.25, -0.2) is 0 Å². The standard InChI is InChI=1S/C25H41N5O2/c1-4-26-24(29(3)19-21-8-9-22-23(18-21)32-17-16-31-22)27-20-25(10-14-28(2)15-11-25)30-12-6-5-7-13-30/h8-9,18H,4-7,10-17,19-20H2,1-3H3,(H,26,27). The summed E-state index contributed by atoms with van der Waals surface area (Å²) >= 11 is 0. The molecule has 32 heavy (non-hydrogen) atoms. The van der Waals surface area contributed by atoms with Gasteiger partial charge in [0.2, 0.25) is 0 Å². The predicted molar refractivity (Wildman–Crippen MR) is 130 cm³/mol. The van der Waals surface area contributed by atoms with Crippen LogP contribution in [0.5, 0.6) is 11.5 Å². The van der Waals surface area contributed by atoms with Crippen LogP contribution in [0.4, 0.5) is 0 Å². The molecule has 1 N–H and O–H groups in total. The summed E-state index contributed by atoms with van der Waals surface area (Å²) in [5.41, 5.74) is 1.40. The van der Waals surface area contributed by atoms with E-state index in [1.54, 1.807) is 0 Å². The van der Waals surface area contributed by atoms with E-state index in [-0.39, 0.29) is 5.54 Å². The Kier molecular flexibility index (Phi) is 7.79. The Bertz CT molecular complexity index is 770. The van der Waals surface area contributed by atoms with Gasteiger partial charge in [-0.15, -0.1) is 0 Å². The smallest absolute Gasteiger partial charge is 0.194 e. The maximum atomic E-state index is 5.77. The van der Waals surface area contributed by atoms with E-state index in [0.29, 0.717) is 13.2 Å². The molecule has 0 unspecified atom stereocenters. The molecule has 1 aromatic carbocycles. The second kappa shape index (κ2) is 10.8. The summed E-state index contributed by atoms with van der Waals surface area (Å²) < 4.78 is 11.4. The van der Waals surface area contributed by atoms with Crippen LogP contribution in [0.15, 0.2) is 23.2 Å². The van der Waals surface area contributed by atoms with Crippen molar-refractivity contribution in [2.24, 2.45) is 4.99 Å². The molecule has 0 spiro atoms. The molecule has 7 heteroatoms. The Morgan fingerprint density at radius 3 is 2.50 bits per heavy atom. The van der Waals surface area contributed by atoms with Crippen molar-refractivity contribution in [3.8, 4) is 11.5 Å². The number of nitrogens with one attached hydrogen (secondary N) is 1. The fourth-order valence-electron chi connectivity index (χ4n) is 5.20. The summed E-state index contributed by atoms with van der Waals surface area (Å²) in [5.74, 6) is 2.67. The van der Waals surface area contributed by atoms with Crippen LogP contribution in [-0.2, 0) is 6.54 Å². The van der Waals surface area contributed by atoms with Crippen LogP contribution in [-0.4, -0.2) is 92.8 Å². The lowest BCUT2D eigenvalue weighted by atomic mass is 9.84. The van der Waals surface area contributed by atoms with Gasteiger partial charge in [-0.1, -0.05) is 12.5 Å². The summed E-state index contributed by atoms with van der Waals surface area (Å²) in [5, 5.41) is 3.52. The minimum atomic E-state index is 0.200. The highest BCUT2D eigenvalue weighted by Gasteiger charge is 2.39. The molecule has 0 aromatic heterocycles. The highest BCUT2D eigenvalue weighted by Crippen LogP contribution is 2.33. The molecule has 0 amide bonds. The summed E-state index contributed by atoms with van der Waals surface area (Å²) in [4.78, 5) is 12.7. The Morgan fingerprint density at radius 2 is 1.78 bits per heavy atom. The number of fused-ring (bicyclic) bond motifs is 1. The summed E-state index contributed by atoms with van der Waals surface area (Å²) in [6, 6.07) is 6.24. The van der Waals surface area contributed by atoms with Gasteiger partial charge < -0.3 is 24.6 Å². The molecule has 2 fully saturated rings. The van der Waals surface area contributed by atoms with Crippen molar-refractivity contribution in [1.82, 2.24) is 20.0 Å². The molecule has 0 saturated carbocycles. The minimum absolute atomic E-state index is 0.200. The monoisotopic (exact) mass is 443 g/mol. The van der Waals surface area contributed by atoms with E-state index in [4.69, 9.17) is 14.5 Å². The number of hydrogen-bond donors (Lipinski definition) is 1. The quantitative estimate of drug-likeness (QED) is 0.539. The van der Waals surface area contributed by atoms with E-state index in [0.717, 1.165) is 50.2 Å². The first-order chi connectivity index (χ1) is 15.6. The summed E-state index contributed by atoms with van der Waals surface area (Å²) in [7, 11) is 4.37. The largest absolute Gasteiger partial charge is 0.486 e. The lowest BCUT2D eigenvalue weighted by Crippen LogP contribution is -2.58. The average molecular weight is 444 g/mol. The summed E-state index contributed by atoms with van der Waals surface area (Å²) in [6.07, 6.45) is 6.43. The van der Waals surface area contributed by atoms with E-state index < -0.39 is 0 Å². The molecule has 3 aliphatic rings. The van der Waals surface area contributed by atoms with Gasteiger partial charge in [-0.2, -0.15) is 0 Å². The molecule has 7 nitrogen and oxygen atoms in total. The van der Waals surface area contributed by atoms with E-state index >= 15 is 0 Å². The Morgan fingerprint density at radius 1 is 1.06 bits per heavy atom. The SMILES string of the molecule is CCNC(=NCC1(N2CCCCC2)CCN(C)CC1)N(C)Cc1ccc2c(c1)OCCO2. The lowest BCUT2D eigenvalue weighted by Gasteiger charge is -2.49. The molecule has 0 bridgehead atoms. The number of likely N-dealkylation sites (tertiary alicyclic amines) is 2. The zero-order chi connectivity index (χ0) is 22.4. The van der Waals surface area contributed by atoms with Gasteiger partial charge in [-0.3, -0.25) is 9.89 Å². The van der Waals surface area contributed by atoms with Crippen LogP contribution in [0.2, 0.25) is 0 Å². The van der Waals surface area contributed by atoms with Crippen molar-refractivity contribution in [2.45, 2.75) is 51.1 Å². The van der Waals surface area contributed by atoms with Crippen molar-refractivity contribution in [3.63, 3.8) is 0 Å². The van der Waals surface area contributed by atoms with Crippen molar-refractivity contribution in [1.29, 1.82) is 0 Å². The highest BCUT2D eigenvalue weighted by molar-refractivity contribution is 5.79. The molecule has 2 saturated heterocycles. The van der Waals surface area contributed by atoms with Crippen molar-refractivity contribution < 1.29 is 9.47 Å².